The van der Waals surface area contributed by atoms with Gasteiger partial charge in [-0.3, -0.25) is 4.79 Å². The maximum Gasteiger partial charge on any atom is 0.243 e. The fourth-order valence-electron chi connectivity index (χ4n) is 2.36. The fourth-order valence-corrected chi connectivity index (χ4v) is 2.36. The number of anilines is 1. The third kappa shape index (κ3) is 6.97. The molecule has 6 nitrogen and oxygen atoms in total. The van der Waals surface area contributed by atoms with E-state index >= 15 is 0 Å². The van der Waals surface area contributed by atoms with Gasteiger partial charge in [0.1, 0.15) is 6.04 Å². The van der Waals surface area contributed by atoms with Gasteiger partial charge >= 0.3 is 0 Å². The van der Waals surface area contributed by atoms with Gasteiger partial charge in [-0.15, -0.1) is 0 Å². The molecule has 1 aromatic rings. The van der Waals surface area contributed by atoms with Gasteiger partial charge in [0.05, 0.1) is 33.0 Å². The van der Waals surface area contributed by atoms with Crippen molar-refractivity contribution in [1.82, 2.24) is 5.32 Å². The third-order valence-electron chi connectivity index (χ3n) is 3.72. The Balaban J connectivity index is 1.69. The predicted molar refractivity (Wildman–Crippen MR) is 93.1 cm³/mol. The zero-order valence-corrected chi connectivity index (χ0v) is 14.4. The van der Waals surface area contributed by atoms with Crippen molar-refractivity contribution in [3.63, 3.8) is 0 Å². The molecule has 6 heteroatoms. The average Bonchev–Trinajstić information content (AvgIpc) is 2.62. The van der Waals surface area contributed by atoms with Crippen molar-refractivity contribution < 1.29 is 19.0 Å². The van der Waals surface area contributed by atoms with Crippen molar-refractivity contribution in [2.75, 3.05) is 44.9 Å². The molecule has 0 spiro atoms. The van der Waals surface area contributed by atoms with E-state index in [4.69, 9.17) is 14.2 Å². The van der Waals surface area contributed by atoms with E-state index in [1.807, 2.05) is 24.3 Å². The van der Waals surface area contributed by atoms with Gasteiger partial charge in [0, 0.05) is 18.8 Å². The highest BCUT2D eigenvalue weighted by Crippen LogP contribution is 2.12. The van der Waals surface area contributed by atoms with E-state index < -0.39 is 0 Å². The molecular weight excluding hydrogens is 308 g/mol. The second kappa shape index (κ2) is 11.1. The summed E-state index contributed by atoms with van der Waals surface area (Å²) in [4.78, 5) is 12.2. The third-order valence-corrected chi connectivity index (χ3v) is 3.72. The van der Waals surface area contributed by atoms with Crippen LogP contribution in [0, 0.1) is 0 Å². The minimum Gasteiger partial charge on any atom is -0.379 e. The molecule has 1 atom stereocenters. The summed E-state index contributed by atoms with van der Waals surface area (Å²) in [5.74, 6) is -0.0721. The summed E-state index contributed by atoms with van der Waals surface area (Å²) < 4.78 is 16.4. The largest absolute Gasteiger partial charge is 0.379 e. The number of morpholine rings is 1. The molecule has 1 fully saturated rings. The number of hydrogen-bond acceptors (Lipinski definition) is 5. The second-order valence-electron chi connectivity index (χ2n) is 5.79. The number of unbranched alkanes of at least 4 members (excludes halogenated alkanes) is 1. The van der Waals surface area contributed by atoms with Gasteiger partial charge in [-0.2, -0.15) is 0 Å². The Bertz CT molecular complexity index is 490. The van der Waals surface area contributed by atoms with Crippen LogP contribution in [0.15, 0.2) is 24.3 Å². The van der Waals surface area contributed by atoms with Crippen molar-refractivity contribution in [3.8, 4) is 0 Å². The van der Waals surface area contributed by atoms with Gasteiger partial charge in [-0.05, 0) is 24.1 Å². The van der Waals surface area contributed by atoms with E-state index in [-0.39, 0.29) is 11.9 Å². The maximum atomic E-state index is 12.2. The molecule has 1 unspecified atom stereocenters. The number of amides is 1. The monoisotopic (exact) mass is 336 g/mol. The SMILES string of the molecule is CCCCOCCOCc1cccc(NC(=O)C2COCCN2)c1. The molecule has 0 saturated carbocycles. The number of benzene rings is 1. The molecule has 2 N–H and O–H groups in total. The fraction of sp³-hybridized carbons (Fsp3) is 0.611. The van der Waals surface area contributed by atoms with E-state index in [2.05, 4.69) is 17.6 Å². The first-order valence-electron chi connectivity index (χ1n) is 8.66. The molecule has 134 valence electrons. The first kappa shape index (κ1) is 18.9. The zero-order valence-electron chi connectivity index (χ0n) is 14.4. The number of hydrogen-bond donors (Lipinski definition) is 2. The Hall–Kier alpha value is -1.47. The van der Waals surface area contributed by atoms with Crippen LogP contribution in [0.1, 0.15) is 25.3 Å². The number of rotatable bonds is 10. The summed E-state index contributed by atoms with van der Waals surface area (Å²) in [6, 6.07) is 7.41. The van der Waals surface area contributed by atoms with Crippen molar-refractivity contribution in [3.05, 3.63) is 29.8 Å². The summed E-state index contributed by atoms with van der Waals surface area (Å²) in [5.41, 5.74) is 1.79. The van der Waals surface area contributed by atoms with Gasteiger partial charge in [0.2, 0.25) is 5.91 Å². The highest BCUT2D eigenvalue weighted by atomic mass is 16.5. The zero-order chi connectivity index (χ0) is 17.0. The predicted octanol–water partition coefficient (Wildman–Crippen LogP) is 1.95. The first-order valence-corrected chi connectivity index (χ1v) is 8.66. The smallest absolute Gasteiger partial charge is 0.243 e. The van der Waals surface area contributed by atoms with Gasteiger partial charge < -0.3 is 24.8 Å². The molecule has 1 saturated heterocycles. The molecular formula is C18H28N2O4. The topological polar surface area (TPSA) is 68.8 Å². The van der Waals surface area contributed by atoms with Gasteiger partial charge in [-0.1, -0.05) is 25.5 Å². The molecule has 1 heterocycles. The van der Waals surface area contributed by atoms with Gasteiger partial charge in [0.15, 0.2) is 0 Å². The molecule has 1 aliphatic rings. The van der Waals surface area contributed by atoms with Gasteiger partial charge in [-0.25, -0.2) is 0 Å². The summed E-state index contributed by atoms with van der Waals surface area (Å²) >= 11 is 0. The van der Waals surface area contributed by atoms with Crippen LogP contribution in [0.4, 0.5) is 5.69 Å². The maximum absolute atomic E-state index is 12.2. The molecule has 0 aromatic heterocycles. The average molecular weight is 336 g/mol. The quantitative estimate of drug-likeness (QED) is 0.639. The Kier molecular flexibility index (Phi) is 8.76. The van der Waals surface area contributed by atoms with Crippen molar-refractivity contribution >= 4 is 11.6 Å². The lowest BCUT2D eigenvalue weighted by Crippen LogP contribution is -2.48. The first-order chi connectivity index (χ1) is 11.8. The van der Waals surface area contributed by atoms with E-state index in [0.29, 0.717) is 39.6 Å². The van der Waals surface area contributed by atoms with Crippen LogP contribution < -0.4 is 10.6 Å². The summed E-state index contributed by atoms with van der Waals surface area (Å²) in [6.07, 6.45) is 2.23. The Morgan fingerprint density at radius 2 is 2.21 bits per heavy atom. The Morgan fingerprint density at radius 1 is 1.33 bits per heavy atom. The van der Waals surface area contributed by atoms with Crippen molar-refractivity contribution in [2.24, 2.45) is 0 Å². The van der Waals surface area contributed by atoms with Crippen LogP contribution in [0.3, 0.4) is 0 Å². The molecule has 1 aliphatic heterocycles. The molecule has 0 bridgehead atoms. The van der Waals surface area contributed by atoms with E-state index in [1.165, 1.54) is 0 Å². The lowest BCUT2D eigenvalue weighted by atomic mass is 10.2. The van der Waals surface area contributed by atoms with E-state index in [9.17, 15) is 4.79 Å². The highest BCUT2D eigenvalue weighted by Gasteiger charge is 2.21. The van der Waals surface area contributed by atoms with Crippen LogP contribution in [-0.4, -0.2) is 51.5 Å². The van der Waals surface area contributed by atoms with Crippen LogP contribution in [0.5, 0.6) is 0 Å². The molecule has 0 radical (unpaired) electrons. The van der Waals surface area contributed by atoms with Crippen LogP contribution in [0.2, 0.25) is 0 Å². The summed E-state index contributed by atoms with van der Waals surface area (Å²) in [5, 5.41) is 6.06. The van der Waals surface area contributed by atoms with Gasteiger partial charge in [0.25, 0.3) is 0 Å². The minimum atomic E-state index is -0.293. The Morgan fingerprint density at radius 3 is 3.00 bits per heavy atom. The van der Waals surface area contributed by atoms with Crippen LogP contribution in [0.25, 0.3) is 0 Å². The molecule has 2 rings (SSSR count). The number of carbonyl (C=O) groups excluding carboxylic acids is 1. The lowest BCUT2D eigenvalue weighted by Gasteiger charge is -2.23. The number of nitrogens with one attached hydrogen (secondary N) is 2. The van der Waals surface area contributed by atoms with E-state index in [0.717, 1.165) is 30.7 Å². The number of ether oxygens (including phenoxy) is 3. The van der Waals surface area contributed by atoms with Crippen molar-refractivity contribution in [1.29, 1.82) is 0 Å². The van der Waals surface area contributed by atoms with Crippen LogP contribution in [-0.2, 0) is 25.6 Å². The molecule has 0 aliphatic carbocycles. The second-order valence-corrected chi connectivity index (χ2v) is 5.79. The Labute approximate surface area is 143 Å². The minimum absolute atomic E-state index is 0.0721. The standard InChI is InChI=1S/C18H28N2O4/c1-2-3-8-22-10-11-24-13-15-5-4-6-16(12-15)20-18(21)17-14-23-9-7-19-17/h4-6,12,17,19H,2-3,7-11,13-14H2,1H3,(H,20,21). The molecule has 1 aromatic carbocycles. The van der Waals surface area contributed by atoms with E-state index in [1.54, 1.807) is 0 Å². The number of carbonyl (C=O) groups is 1. The summed E-state index contributed by atoms with van der Waals surface area (Å²) in [7, 11) is 0. The summed E-state index contributed by atoms with van der Waals surface area (Å²) in [6.45, 7) is 6.39. The molecule has 24 heavy (non-hydrogen) atoms. The lowest BCUT2D eigenvalue weighted by molar-refractivity contribution is -0.120. The van der Waals surface area contributed by atoms with Crippen LogP contribution >= 0.6 is 0 Å². The normalized spacial score (nSPS) is 17.6. The van der Waals surface area contributed by atoms with Crippen molar-refractivity contribution in [2.45, 2.75) is 32.4 Å². The highest BCUT2D eigenvalue weighted by molar-refractivity contribution is 5.95. The molecule has 1 amide bonds.